The van der Waals surface area contributed by atoms with Crippen molar-refractivity contribution in [3.05, 3.63) is 22.2 Å². The van der Waals surface area contributed by atoms with E-state index in [0.29, 0.717) is 26.4 Å². The van der Waals surface area contributed by atoms with Gasteiger partial charge in [0.05, 0.1) is 36.6 Å². The van der Waals surface area contributed by atoms with Crippen molar-refractivity contribution in [2.75, 3.05) is 26.4 Å². The first-order chi connectivity index (χ1) is 8.74. The molecule has 98 valence electrons. The molecular formula is C12H16N2O3S. The summed E-state index contributed by atoms with van der Waals surface area (Å²) in [7, 11) is 0. The largest absolute Gasteiger partial charge is 0.376 e. The smallest absolute Gasteiger partial charge is 0.244 e. The summed E-state index contributed by atoms with van der Waals surface area (Å²) in [4.78, 5) is 15.8. The molecule has 18 heavy (non-hydrogen) atoms. The summed E-state index contributed by atoms with van der Waals surface area (Å²) in [6, 6.07) is 0. The zero-order chi connectivity index (χ0) is 12.8. The summed E-state index contributed by atoms with van der Waals surface area (Å²) in [6.07, 6.45) is 3.15. The number of hydrogen-bond acceptors (Lipinski definition) is 5. The van der Waals surface area contributed by atoms with Crippen molar-refractivity contribution in [2.24, 2.45) is 0 Å². The first-order valence-corrected chi connectivity index (χ1v) is 6.69. The van der Waals surface area contributed by atoms with Gasteiger partial charge in [0, 0.05) is 18.0 Å². The van der Waals surface area contributed by atoms with E-state index in [2.05, 4.69) is 10.3 Å². The third-order valence-corrected chi connectivity index (χ3v) is 3.22. The van der Waals surface area contributed by atoms with Gasteiger partial charge in [0.25, 0.3) is 0 Å². The third-order valence-electron chi connectivity index (χ3n) is 2.43. The monoisotopic (exact) mass is 268 g/mol. The van der Waals surface area contributed by atoms with Crippen molar-refractivity contribution in [1.29, 1.82) is 0 Å². The van der Waals surface area contributed by atoms with Crippen LogP contribution in [0.1, 0.15) is 10.7 Å². The number of amides is 1. The molecular weight excluding hydrogens is 252 g/mol. The van der Waals surface area contributed by atoms with Crippen LogP contribution in [0.4, 0.5) is 0 Å². The van der Waals surface area contributed by atoms with Gasteiger partial charge in [0.2, 0.25) is 5.91 Å². The summed E-state index contributed by atoms with van der Waals surface area (Å²) < 4.78 is 10.7. The summed E-state index contributed by atoms with van der Waals surface area (Å²) >= 11 is 1.56. The maximum Gasteiger partial charge on any atom is 0.244 e. The molecule has 5 nitrogen and oxygen atoms in total. The molecule has 0 saturated carbocycles. The van der Waals surface area contributed by atoms with Crippen LogP contribution in [0.2, 0.25) is 0 Å². The van der Waals surface area contributed by atoms with Crippen LogP contribution in [0.15, 0.2) is 11.5 Å². The van der Waals surface area contributed by atoms with Gasteiger partial charge in [-0.3, -0.25) is 4.79 Å². The average Bonchev–Trinajstić information content (AvgIpc) is 2.81. The Hall–Kier alpha value is -1.24. The Morgan fingerprint density at radius 1 is 1.67 bits per heavy atom. The van der Waals surface area contributed by atoms with Crippen LogP contribution in [0.3, 0.4) is 0 Å². The van der Waals surface area contributed by atoms with E-state index in [-0.39, 0.29) is 12.0 Å². The van der Waals surface area contributed by atoms with Crippen LogP contribution < -0.4 is 5.32 Å². The van der Waals surface area contributed by atoms with Crippen molar-refractivity contribution in [2.45, 2.75) is 13.0 Å². The number of aryl methyl sites for hydroxylation is 1. The van der Waals surface area contributed by atoms with Crippen LogP contribution in [0.25, 0.3) is 6.08 Å². The summed E-state index contributed by atoms with van der Waals surface area (Å²) in [5.41, 5.74) is 0.810. The lowest BCUT2D eigenvalue weighted by molar-refractivity contribution is -0.119. The zero-order valence-corrected chi connectivity index (χ0v) is 11.0. The number of nitrogens with one attached hydrogen (secondary N) is 1. The molecule has 1 aliphatic rings. The number of rotatable bonds is 4. The molecule has 0 bridgehead atoms. The SMILES string of the molecule is Cc1nc(/C=C/C(=O)NCC2COCCO2)cs1. The molecule has 1 aromatic rings. The van der Waals surface area contributed by atoms with E-state index in [1.54, 1.807) is 17.4 Å². The normalized spacial score (nSPS) is 20.2. The number of hydrogen-bond donors (Lipinski definition) is 1. The highest BCUT2D eigenvalue weighted by atomic mass is 32.1. The van der Waals surface area contributed by atoms with Gasteiger partial charge in [0.1, 0.15) is 0 Å². The fourth-order valence-corrected chi connectivity index (χ4v) is 2.13. The van der Waals surface area contributed by atoms with Crippen molar-refractivity contribution in [3.63, 3.8) is 0 Å². The molecule has 0 aliphatic carbocycles. The van der Waals surface area contributed by atoms with Crippen molar-refractivity contribution in [3.8, 4) is 0 Å². The van der Waals surface area contributed by atoms with Crippen LogP contribution in [-0.4, -0.2) is 43.4 Å². The highest BCUT2D eigenvalue weighted by Gasteiger charge is 2.14. The van der Waals surface area contributed by atoms with Gasteiger partial charge in [-0.05, 0) is 13.0 Å². The summed E-state index contributed by atoms with van der Waals surface area (Å²) in [6.45, 7) is 4.17. The Labute approximate surface area is 110 Å². The highest BCUT2D eigenvalue weighted by molar-refractivity contribution is 7.09. The lowest BCUT2D eigenvalue weighted by atomic mass is 10.3. The minimum atomic E-state index is -0.144. The zero-order valence-electron chi connectivity index (χ0n) is 10.2. The highest BCUT2D eigenvalue weighted by Crippen LogP contribution is 2.08. The summed E-state index contributed by atoms with van der Waals surface area (Å²) in [5.74, 6) is -0.144. The number of ether oxygens (including phenoxy) is 2. The van der Waals surface area contributed by atoms with Crippen LogP contribution in [0, 0.1) is 6.92 Å². The van der Waals surface area contributed by atoms with Gasteiger partial charge in [0.15, 0.2) is 0 Å². The van der Waals surface area contributed by atoms with Gasteiger partial charge in [-0.15, -0.1) is 11.3 Å². The van der Waals surface area contributed by atoms with Gasteiger partial charge < -0.3 is 14.8 Å². The van der Waals surface area contributed by atoms with E-state index < -0.39 is 0 Å². The molecule has 2 heterocycles. The second-order valence-corrected chi connectivity index (χ2v) is 5.00. The lowest BCUT2D eigenvalue weighted by Crippen LogP contribution is -2.39. The Bertz CT molecular complexity index is 425. The Balaban J connectivity index is 1.73. The first kappa shape index (κ1) is 13.2. The van der Waals surface area contributed by atoms with Gasteiger partial charge in [-0.1, -0.05) is 0 Å². The molecule has 0 aromatic carbocycles. The molecule has 1 fully saturated rings. The Kier molecular flexibility index (Phi) is 4.86. The van der Waals surface area contributed by atoms with E-state index in [1.807, 2.05) is 12.3 Å². The maximum atomic E-state index is 11.5. The van der Waals surface area contributed by atoms with Crippen LogP contribution >= 0.6 is 11.3 Å². The number of carbonyl (C=O) groups is 1. The fourth-order valence-electron chi connectivity index (χ4n) is 1.55. The topological polar surface area (TPSA) is 60.5 Å². The van der Waals surface area contributed by atoms with Crippen molar-refractivity contribution < 1.29 is 14.3 Å². The molecule has 0 radical (unpaired) electrons. The number of carbonyl (C=O) groups excluding carboxylic acids is 1. The predicted molar refractivity (Wildman–Crippen MR) is 69.5 cm³/mol. The first-order valence-electron chi connectivity index (χ1n) is 5.81. The third kappa shape index (κ3) is 4.21. The molecule has 1 atom stereocenters. The average molecular weight is 268 g/mol. The fraction of sp³-hybridized carbons (Fsp3) is 0.500. The van der Waals surface area contributed by atoms with Crippen LogP contribution in [-0.2, 0) is 14.3 Å². The van der Waals surface area contributed by atoms with Crippen LogP contribution in [0.5, 0.6) is 0 Å². The van der Waals surface area contributed by atoms with E-state index in [0.717, 1.165) is 10.7 Å². The van der Waals surface area contributed by atoms with E-state index in [4.69, 9.17) is 9.47 Å². The number of nitrogens with zero attached hydrogens (tertiary/aromatic N) is 1. The van der Waals surface area contributed by atoms with Gasteiger partial charge in [-0.25, -0.2) is 4.98 Å². The lowest BCUT2D eigenvalue weighted by Gasteiger charge is -2.22. The minimum absolute atomic E-state index is 0.0439. The maximum absolute atomic E-state index is 11.5. The molecule has 0 spiro atoms. The molecule has 1 amide bonds. The molecule has 2 rings (SSSR count). The standard InChI is InChI=1S/C12H16N2O3S/c1-9-14-10(8-18-9)2-3-12(15)13-6-11-7-16-4-5-17-11/h2-3,8,11H,4-7H2,1H3,(H,13,15)/b3-2+. The molecule has 6 heteroatoms. The number of aromatic nitrogens is 1. The molecule has 1 N–H and O–H groups in total. The second kappa shape index (κ2) is 6.63. The van der Waals surface area contributed by atoms with Crippen molar-refractivity contribution >= 4 is 23.3 Å². The molecule has 1 unspecified atom stereocenters. The molecule has 1 aromatic heterocycles. The van der Waals surface area contributed by atoms with E-state index in [1.165, 1.54) is 6.08 Å². The van der Waals surface area contributed by atoms with E-state index >= 15 is 0 Å². The Morgan fingerprint density at radius 2 is 2.56 bits per heavy atom. The quantitative estimate of drug-likeness (QED) is 0.828. The second-order valence-electron chi connectivity index (χ2n) is 3.94. The Morgan fingerprint density at radius 3 is 3.22 bits per heavy atom. The molecule has 1 aliphatic heterocycles. The summed E-state index contributed by atoms with van der Waals surface area (Å²) in [5, 5.41) is 5.68. The predicted octanol–water partition coefficient (Wildman–Crippen LogP) is 0.996. The minimum Gasteiger partial charge on any atom is -0.376 e. The molecule has 1 saturated heterocycles. The van der Waals surface area contributed by atoms with Crippen molar-refractivity contribution in [1.82, 2.24) is 10.3 Å². The van der Waals surface area contributed by atoms with E-state index in [9.17, 15) is 4.79 Å². The number of thiazole rings is 1. The van der Waals surface area contributed by atoms with Gasteiger partial charge in [-0.2, -0.15) is 0 Å². The van der Waals surface area contributed by atoms with Gasteiger partial charge >= 0.3 is 0 Å².